The van der Waals surface area contributed by atoms with Crippen LogP contribution in [-0.2, 0) is 16.8 Å². The summed E-state index contributed by atoms with van der Waals surface area (Å²) in [5.41, 5.74) is 1.99. The van der Waals surface area contributed by atoms with Crippen LogP contribution in [0.15, 0.2) is 18.2 Å². The number of aliphatic hydroxyl groups is 2. The summed E-state index contributed by atoms with van der Waals surface area (Å²) >= 11 is 0. The van der Waals surface area contributed by atoms with Crippen molar-refractivity contribution in [3.63, 3.8) is 0 Å². The topological polar surface area (TPSA) is 107 Å². The Bertz CT molecular complexity index is 791. The number of hydrogen-bond donors (Lipinski definition) is 2. The van der Waals surface area contributed by atoms with Gasteiger partial charge in [-0.15, -0.1) is 0 Å². The van der Waals surface area contributed by atoms with Crippen LogP contribution in [0.4, 0.5) is 0 Å². The lowest BCUT2D eigenvalue weighted by atomic mass is 9.55. The number of benzene rings is 1. The lowest BCUT2D eigenvalue weighted by Gasteiger charge is -2.49. The molecule has 0 saturated heterocycles. The summed E-state index contributed by atoms with van der Waals surface area (Å²) < 4.78 is 36.8. The van der Waals surface area contributed by atoms with E-state index in [0.29, 0.717) is 24.2 Å². The van der Waals surface area contributed by atoms with Gasteiger partial charge in [-0.3, -0.25) is 0 Å². The van der Waals surface area contributed by atoms with Crippen molar-refractivity contribution < 1.29 is 27.4 Å². The molecule has 0 unspecified atom stereocenters. The van der Waals surface area contributed by atoms with E-state index in [9.17, 15) is 23.2 Å². The Kier molecular flexibility index (Phi) is 3.92. The molecule has 3 aliphatic carbocycles. The number of rotatable bonds is 2. The van der Waals surface area contributed by atoms with Crippen molar-refractivity contribution in [2.75, 3.05) is 0 Å². The molecule has 1 aromatic carbocycles. The third-order valence-electron chi connectivity index (χ3n) is 6.87. The first kappa shape index (κ1) is 17.3. The zero-order valence-corrected chi connectivity index (χ0v) is 14.9. The maximum atomic E-state index is 10.8. The summed E-state index contributed by atoms with van der Waals surface area (Å²) in [7, 11) is -4.76. The van der Waals surface area contributed by atoms with Gasteiger partial charge in [-0.05, 0) is 78.5 Å². The summed E-state index contributed by atoms with van der Waals surface area (Å²) in [6.07, 6.45) is 2.87. The van der Waals surface area contributed by atoms with Crippen LogP contribution in [0.5, 0.6) is 5.75 Å². The monoisotopic (exact) mass is 367 g/mol. The molecule has 2 saturated carbocycles. The van der Waals surface area contributed by atoms with Crippen molar-refractivity contribution in [2.24, 2.45) is 17.3 Å². The van der Waals surface area contributed by atoms with Crippen LogP contribution in [0.2, 0.25) is 0 Å². The Morgan fingerprint density at radius 1 is 1.28 bits per heavy atom. The molecule has 0 aliphatic heterocycles. The van der Waals surface area contributed by atoms with E-state index in [1.54, 1.807) is 12.1 Å². The van der Waals surface area contributed by atoms with Crippen LogP contribution in [0.3, 0.4) is 0 Å². The fourth-order valence-electron chi connectivity index (χ4n) is 5.72. The molecule has 7 heteroatoms. The molecule has 0 bridgehead atoms. The molecular formula is C18H23O6S-. The normalized spacial score (nSPS) is 40.1. The maximum absolute atomic E-state index is 10.8. The van der Waals surface area contributed by atoms with Gasteiger partial charge in [0, 0.05) is 0 Å². The summed E-state index contributed by atoms with van der Waals surface area (Å²) in [4.78, 5) is 0. The molecule has 6 nitrogen and oxygen atoms in total. The molecule has 2 fully saturated rings. The number of hydrogen-bond acceptors (Lipinski definition) is 6. The molecule has 0 aromatic heterocycles. The fourth-order valence-corrected chi connectivity index (χ4v) is 6.06. The van der Waals surface area contributed by atoms with Crippen LogP contribution in [0.25, 0.3) is 0 Å². The second-order valence-corrected chi connectivity index (χ2v) is 9.04. The van der Waals surface area contributed by atoms with Crippen molar-refractivity contribution in [3.05, 3.63) is 29.3 Å². The van der Waals surface area contributed by atoms with E-state index in [0.717, 1.165) is 31.2 Å². The molecule has 25 heavy (non-hydrogen) atoms. The molecule has 4 rings (SSSR count). The molecular weight excluding hydrogens is 344 g/mol. The molecule has 0 radical (unpaired) electrons. The summed E-state index contributed by atoms with van der Waals surface area (Å²) in [5, 5.41) is 20.6. The van der Waals surface area contributed by atoms with E-state index in [1.165, 1.54) is 5.56 Å². The van der Waals surface area contributed by atoms with Gasteiger partial charge in [-0.1, -0.05) is 13.0 Å². The van der Waals surface area contributed by atoms with Gasteiger partial charge < -0.3 is 18.9 Å². The van der Waals surface area contributed by atoms with Crippen molar-refractivity contribution in [1.29, 1.82) is 0 Å². The highest BCUT2D eigenvalue weighted by Gasteiger charge is 2.57. The molecule has 0 spiro atoms. The average Bonchev–Trinajstić information content (AvgIpc) is 2.76. The standard InChI is InChI=1S/C18H24O6S/c1-18-7-6-13-12-5-3-11(24-25(21,22)23)8-10(12)2-4-14(13)15(18)9-16(19)17(18)20/h3,5,8,13-17,19-20H,2,4,6-7,9H2,1H3,(H,21,22,23)/p-1/t13-,14-,15+,16-,17+,18+/m1/s1. The smallest absolute Gasteiger partial charge is 0.262 e. The third kappa shape index (κ3) is 2.77. The highest BCUT2D eigenvalue weighted by Crippen LogP contribution is 2.60. The number of aliphatic hydroxyl groups excluding tert-OH is 2. The Hall–Kier alpha value is -1.15. The van der Waals surface area contributed by atoms with E-state index in [2.05, 4.69) is 11.1 Å². The first-order valence-electron chi connectivity index (χ1n) is 8.83. The SMILES string of the molecule is C[C@]12CC[C@@H]3c4ccc(OS(=O)(=O)[O-])cc4CC[C@H]3[C@@H]1C[C@@H](O)[C@@H]2O. The fraction of sp³-hybridized carbons (Fsp3) is 0.667. The highest BCUT2D eigenvalue weighted by molar-refractivity contribution is 7.81. The van der Waals surface area contributed by atoms with Gasteiger partial charge >= 0.3 is 0 Å². The van der Waals surface area contributed by atoms with Crippen LogP contribution < -0.4 is 4.18 Å². The van der Waals surface area contributed by atoms with Crippen molar-refractivity contribution >= 4 is 10.4 Å². The molecule has 2 N–H and O–H groups in total. The van der Waals surface area contributed by atoms with Crippen molar-refractivity contribution in [2.45, 2.75) is 57.2 Å². The third-order valence-corrected chi connectivity index (χ3v) is 7.27. The van der Waals surface area contributed by atoms with Crippen LogP contribution in [0.1, 0.15) is 49.7 Å². The lowest BCUT2D eigenvalue weighted by Crippen LogP contribution is -2.44. The minimum atomic E-state index is -4.76. The van der Waals surface area contributed by atoms with Gasteiger partial charge in [0.2, 0.25) is 0 Å². The Morgan fingerprint density at radius 2 is 2.04 bits per heavy atom. The van der Waals surface area contributed by atoms with Crippen LogP contribution in [-0.4, -0.2) is 35.4 Å². The second kappa shape index (κ2) is 5.67. The quantitative estimate of drug-likeness (QED) is 0.609. The molecule has 0 amide bonds. The Labute approximate surface area is 147 Å². The number of fused-ring (bicyclic) bond motifs is 5. The minimum Gasteiger partial charge on any atom is -0.716 e. The second-order valence-electron chi connectivity index (χ2n) is 8.06. The maximum Gasteiger partial charge on any atom is 0.262 e. The minimum absolute atomic E-state index is 0.0690. The van der Waals surface area contributed by atoms with Crippen molar-refractivity contribution in [3.8, 4) is 5.75 Å². The predicted molar refractivity (Wildman–Crippen MR) is 88.8 cm³/mol. The van der Waals surface area contributed by atoms with E-state index in [1.807, 2.05) is 6.07 Å². The van der Waals surface area contributed by atoms with Gasteiger partial charge in [-0.25, -0.2) is 8.42 Å². The van der Waals surface area contributed by atoms with E-state index in [4.69, 9.17) is 0 Å². The van der Waals surface area contributed by atoms with Crippen molar-refractivity contribution in [1.82, 2.24) is 0 Å². The van der Waals surface area contributed by atoms with Gasteiger partial charge in [-0.2, -0.15) is 0 Å². The largest absolute Gasteiger partial charge is 0.716 e. The molecule has 138 valence electrons. The predicted octanol–water partition coefficient (Wildman–Crippen LogP) is 1.71. The summed E-state index contributed by atoms with van der Waals surface area (Å²) in [6, 6.07) is 5.08. The van der Waals surface area contributed by atoms with Crippen LogP contribution in [0, 0.1) is 17.3 Å². The number of aryl methyl sites for hydroxylation is 1. The first-order valence-corrected chi connectivity index (χ1v) is 10.2. The van der Waals surface area contributed by atoms with Gasteiger partial charge in [0.15, 0.2) is 0 Å². The Morgan fingerprint density at radius 3 is 2.76 bits per heavy atom. The highest BCUT2D eigenvalue weighted by atomic mass is 32.3. The van der Waals surface area contributed by atoms with E-state index >= 15 is 0 Å². The van der Waals surface area contributed by atoms with Gasteiger partial charge in [0.05, 0.1) is 12.2 Å². The summed E-state index contributed by atoms with van der Waals surface area (Å²) in [5.74, 6) is 1.12. The van der Waals surface area contributed by atoms with Crippen LogP contribution >= 0.6 is 0 Å². The molecule has 3 aliphatic rings. The lowest BCUT2D eigenvalue weighted by molar-refractivity contribution is -0.0505. The average molecular weight is 367 g/mol. The summed E-state index contributed by atoms with van der Waals surface area (Å²) in [6.45, 7) is 2.10. The zero-order chi connectivity index (χ0) is 18.0. The van der Waals surface area contributed by atoms with E-state index < -0.39 is 22.6 Å². The Balaban J connectivity index is 1.64. The zero-order valence-electron chi connectivity index (χ0n) is 14.1. The molecule has 6 atom stereocenters. The molecule has 1 aromatic rings. The van der Waals surface area contributed by atoms with Gasteiger partial charge in [0.1, 0.15) is 5.75 Å². The molecule has 0 heterocycles. The van der Waals surface area contributed by atoms with Gasteiger partial charge in [0.25, 0.3) is 10.4 Å². The van der Waals surface area contributed by atoms with E-state index in [-0.39, 0.29) is 11.2 Å². The first-order chi connectivity index (χ1) is 11.7.